The summed E-state index contributed by atoms with van der Waals surface area (Å²) in [4.78, 5) is 12.1. The summed E-state index contributed by atoms with van der Waals surface area (Å²) in [5.41, 5.74) is 0.980. The highest BCUT2D eigenvalue weighted by molar-refractivity contribution is 9.10. The van der Waals surface area contributed by atoms with Gasteiger partial charge in [-0.05, 0) is 41.4 Å². The maximum Gasteiger partial charge on any atom is 0.342 e. The van der Waals surface area contributed by atoms with Gasteiger partial charge in [-0.15, -0.1) is 0 Å². The Hall–Kier alpha value is -2.01. The minimum absolute atomic E-state index is 0.0356. The molecule has 2 rings (SSSR count). The van der Waals surface area contributed by atoms with Gasteiger partial charge in [-0.2, -0.15) is 0 Å². The monoisotopic (exact) mass is 364 g/mol. The van der Waals surface area contributed by atoms with Crippen molar-refractivity contribution in [2.45, 2.75) is 26.6 Å². The van der Waals surface area contributed by atoms with E-state index in [1.807, 2.05) is 44.2 Å². The summed E-state index contributed by atoms with van der Waals surface area (Å²) in [5.74, 6) is -0.276. The third kappa shape index (κ3) is 4.24. The number of halogens is 1. The summed E-state index contributed by atoms with van der Waals surface area (Å²) in [7, 11) is 0. The number of esters is 1. The zero-order valence-corrected chi connectivity index (χ0v) is 14.0. The van der Waals surface area contributed by atoms with Gasteiger partial charge in [0.15, 0.2) is 0 Å². The van der Waals surface area contributed by atoms with Gasteiger partial charge in [-0.25, -0.2) is 4.79 Å². The number of aromatic hydroxyl groups is 1. The molecule has 5 heteroatoms. The molecular weight excluding hydrogens is 348 g/mol. The van der Waals surface area contributed by atoms with Crippen molar-refractivity contribution in [2.75, 3.05) is 0 Å². The second kappa shape index (κ2) is 7.31. The van der Waals surface area contributed by atoms with Crippen LogP contribution in [0.1, 0.15) is 29.8 Å². The highest BCUT2D eigenvalue weighted by atomic mass is 79.9. The van der Waals surface area contributed by atoms with E-state index in [0.29, 0.717) is 10.2 Å². The third-order valence-electron chi connectivity index (χ3n) is 2.85. The smallest absolute Gasteiger partial charge is 0.342 e. The summed E-state index contributed by atoms with van der Waals surface area (Å²) in [5, 5.41) is 9.99. The molecule has 0 aromatic heterocycles. The van der Waals surface area contributed by atoms with E-state index in [2.05, 4.69) is 15.9 Å². The Kier molecular flexibility index (Phi) is 5.44. The third-order valence-corrected chi connectivity index (χ3v) is 3.47. The molecule has 0 aliphatic heterocycles. The molecule has 0 unspecified atom stereocenters. The summed E-state index contributed by atoms with van der Waals surface area (Å²) in [6.45, 7) is 3.91. The highest BCUT2D eigenvalue weighted by Gasteiger charge is 2.17. The zero-order chi connectivity index (χ0) is 16.1. The fourth-order valence-electron chi connectivity index (χ4n) is 1.85. The fourth-order valence-corrected chi connectivity index (χ4v) is 2.29. The summed E-state index contributed by atoms with van der Waals surface area (Å²) in [6.07, 6.45) is -0.0356. The van der Waals surface area contributed by atoms with Crippen LogP contribution < -0.4 is 4.74 Å². The zero-order valence-electron chi connectivity index (χ0n) is 12.4. The van der Waals surface area contributed by atoms with Crippen LogP contribution in [-0.2, 0) is 11.3 Å². The maximum atomic E-state index is 12.1. The quantitative estimate of drug-likeness (QED) is 0.803. The minimum atomic E-state index is -0.585. The van der Waals surface area contributed by atoms with E-state index in [4.69, 9.17) is 9.47 Å². The van der Waals surface area contributed by atoms with Crippen molar-refractivity contribution in [2.24, 2.45) is 0 Å². The topological polar surface area (TPSA) is 55.8 Å². The van der Waals surface area contributed by atoms with Gasteiger partial charge in [0.1, 0.15) is 23.7 Å². The summed E-state index contributed by atoms with van der Waals surface area (Å²) in [6, 6.07) is 12.3. The van der Waals surface area contributed by atoms with Crippen molar-refractivity contribution in [3.8, 4) is 11.5 Å². The van der Waals surface area contributed by atoms with E-state index in [9.17, 15) is 9.90 Å². The molecule has 0 aliphatic rings. The largest absolute Gasteiger partial charge is 0.507 e. The van der Waals surface area contributed by atoms with Crippen molar-refractivity contribution in [1.82, 2.24) is 0 Å². The predicted molar refractivity (Wildman–Crippen MR) is 87.1 cm³/mol. The van der Waals surface area contributed by atoms with Crippen LogP contribution in [0.25, 0.3) is 0 Å². The van der Waals surface area contributed by atoms with E-state index < -0.39 is 5.97 Å². The number of hydrogen-bond acceptors (Lipinski definition) is 4. The minimum Gasteiger partial charge on any atom is -0.507 e. The van der Waals surface area contributed by atoms with E-state index in [-0.39, 0.29) is 24.0 Å². The van der Waals surface area contributed by atoms with E-state index in [1.165, 1.54) is 12.1 Å². The molecule has 0 radical (unpaired) electrons. The lowest BCUT2D eigenvalue weighted by molar-refractivity contribution is 0.0469. The van der Waals surface area contributed by atoms with Crippen molar-refractivity contribution in [3.63, 3.8) is 0 Å². The highest BCUT2D eigenvalue weighted by Crippen LogP contribution is 2.33. The van der Waals surface area contributed by atoms with Crippen molar-refractivity contribution < 1.29 is 19.4 Å². The average Bonchev–Trinajstić information content (AvgIpc) is 2.48. The Morgan fingerprint density at radius 2 is 1.91 bits per heavy atom. The number of benzene rings is 2. The standard InChI is InChI=1S/C17H17BrO4/c1-11(2)22-16-9-15(19)13(8-14(16)18)17(20)21-10-12-6-4-3-5-7-12/h3-9,11,19H,10H2,1-2H3. The molecule has 0 heterocycles. The van der Waals surface area contributed by atoms with Crippen LogP contribution in [0.5, 0.6) is 11.5 Å². The Morgan fingerprint density at radius 3 is 2.55 bits per heavy atom. The molecule has 22 heavy (non-hydrogen) atoms. The number of carbonyl (C=O) groups excluding carboxylic acids is 1. The molecule has 4 nitrogen and oxygen atoms in total. The molecule has 2 aromatic carbocycles. The molecular formula is C17H17BrO4. The molecule has 0 amide bonds. The lowest BCUT2D eigenvalue weighted by atomic mass is 10.2. The number of hydrogen-bond donors (Lipinski definition) is 1. The van der Waals surface area contributed by atoms with Crippen molar-refractivity contribution >= 4 is 21.9 Å². The van der Waals surface area contributed by atoms with Crippen LogP contribution in [0.3, 0.4) is 0 Å². The van der Waals surface area contributed by atoms with Gasteiger partial charge in [0.2, 0.25) is 0 Å². The normalized spacial score (nSPS) is 10.5. The number of ether oxygens (including phenoxy) is 2. The van der Waals surface area contributed by atoms with Gasteiger partial charge in [-0.3, -0.25) is 0 Å². The Morgan fingerprint density at radius 1 is 1.23 bits per heavy atom. The predicted octanol–water partition coefficient (Wildman–Crippen LogP) is 4.30. The van der Waals surface area contributed by atoms with Crippen LogP contribution in [0, 0.1) is 0 Å². The van der Waals surface area contributed by atoms with Crippen LogP contribution in [-0.4, -0.2) is 17.2 Å². The lowest BCUT2D eigenvalue weighted by Gasteiger charge is -2.13. The number of rotatable bonds is 5. The molecule has 0 bridgehead atoms. The van der Waals surface area contributed by atoms with Crippen LogP contribution in [0.15, 0.2) is 46.9 Å². The van der Waals surface area contributed by atoms with Gasteiger partial charge in [0.25, 0.3) is 0 Å². The first-order valence-corrected chi connectivity index (χ1v) is 7.67. The molecule has 0 saturated heterocycles. The van der Waals surface area contributed by atoms with Crippen molar-refractivity contribution in [3.05, 3.63) is 58.1 Å². The van der Waals surface area contributed by atoms with E-state index in [1.54, 1.807) is 0 Å². The Balaban J connectivity index is 2.11. The van der Waals surface area contributed by atoms with Gasteiger partial charge in [0, 0.05) is 6.07 Å². The first kappa shape index (κ1) is 16.4. The Labute approximate surface area is 137 Å². The summed E-state index contributed by atoms with van der Waals surface area (Å²) < 4.78 is 11.3. The number of phenolic OH excluding ortho intramolecular Hbond substituents is 1. The van der Waals surface area contributed by atoms with Gasteiger partial charge < -0.3 is 14.6 Å². The van der Waals surface area contributed by atoms with Crippen LogP contribution in [0.4, 0.5) is 0 Å². The fraction of sp³-hybridized carbons (Fsp3) is 0.235. The molecule has 0 aliphatic carbocycles. The second-order valence-electron chi connectivity index (χ2n) is 5.03. The molecule has 1 N–H and O–H groups in total. The van der Waals surface area contributed by atoms with Crippen molar-refractivity contribution in [1.29, 1.82) is 0 Å². The van der Waals surface area contributed by atoms with Gasteiger partial charge in [-0.1, -0.05) is 30.3 Å². The molecule has 0 spiro atoms. The van der Waals surface area contributed by atoms with Crippen LogP contribution in [0.2, 0.25) is 0 Å². The first-order valence-electron chi connectivity index (χ1n) is 6.87. The van der Waals surface area contributed by atoms with E-state index in [0.717, 1.165) is 5.56 Å². The molecule has 116 valence electrons. The average molecular weight is 365 g/mol. The second-order valence-corrected chi connectivity index (χ2v) is 5.88. The molecule has 0 fully saturated rings. The Bertz CT molecular complexity index is 653. The van der Waals surface area contributed by atoms with Gasteiger partial charge in [0.05, 0.1) is 10.6 Å². The SMILES string of the molecule is CC(C)Oc1cc(O)c(C(=O)OCc2ccccc2)cc1Br. The molecule has 0 atom stereocenters. The molecule has 0 saturated carbocycles. The number of carbonyl (C=O) groups is 1. The first-order chi connectivity index (χ1) is 10.5. The maximum absolute atomic E-state index is 12.1. The van der Waals surface area contributed by atoms with Crippen LogP contribution >= 0.6 is 15.9 Å². The summed E-state index contributed by atoms with van der Waals surface area (Å²) >= 11 is 3.33. The lowest BCUT2D eigenvalue weighted by Crippen LogP contribution is -2.08. The molecule has 2 aromatic rings. The van der Waals surface area contributed by atoms with Gasteiger partial charge >= 0.3 is 5.97 Å². The number of phenols is 1. The van der Waals surface area contributed by atoms with E-state index >= 15 is 0 Å².